The van der Waals surface area contributed by atoms with Gasteiger partial charge in [-0.2, -0.15) is 4.98 Å². The van der Waals surface area contributed by atoms with E-state index in [9.17, 15) is 10.0 Å². The summed E-state index contributed by atoms with van der Waals surface area (Å²) in [7, 11) is 0. The zero-order chi connectivity index (χ0) is 21.7. The van der Waals surface area contributed by atoms with E-state index in [2.05, 4.69) is 31.7 Å². The standard InChI is InChI=1S/C19H21N7O2.C2H6/c1-13(20)24-9-11-25(12-10-24)15-6-4-14(5-7-15)22-17-16-3-2-8-21-18(16)26(28)19(27)23-17;1-2/h2-8,28H,1,9-12,20H2,(H,22,23,27);1-2H3. The second-order valence-corrected chi connectivity index (χ2v) is 6.57. The van der Waals surface area contributed by atoms with E-state index in [1.54, 1.807) is 12.1 Å². The van der Waals surface area contributed by atoms with Crippen molar-refractivity contribution in [3.05, 3.63) is 65.5 Å². The first kappa shape index (κ1) is 21.0. The van der Waals surface area contributed by atoms with Gasteiger partial charge in [0, 0.05) is 43.8 Å². The predicted octanol–water partition coefficient (Wildman–Crippen LogP) is 2.35. The zero-order valence-corrected chi connectivity index (χ0v) is 17.2. The lowest BCUT2D eigenvalue weighted by atomic mass is 10.2. The number of piperazine rings is 1. The van der Waals surface area contributed by atoms with E-state index < -0.39 is 5.69 Å². The number of benzene rings is 1. The van der Waals surface area contributed by atoms with Gasteiger partial charge in [-0.3, -0.25) is 0 Å². The van der Waals surface area contributed by atoms with Gasteiger partial charge in [-0.05, 0) is 36.4 Å². The number of nitrogens with two attached hydrogens (primary N) is 1. The van der Waals surface area contributed by atoms with Crippen LogP contribution >= 0.6 is 0 Å². The highest BCUT2D eigenvalue weighted by atomic mass is 16.5. The molecular weight excluding hydrogens is 382 g/mol. The normalized spacial score (nSPS) is 13.5. The molecule has 0 amide bonds. The molecule has 0 atom stereocenters. The number of hydrogen-bond donors (Lipinski definition) is 3. The molecule has 0 aliphatic carbocycles. The van der Waals surface area contributed by atoms with Gasteiger partial charge in [0.05, 0.1) is 11.2 Å². The highest BCUT2D eigenvalue weighted by molar-refractivity contribution is 5.88. The second-order valence-electron chi connectivity index (χ2n) is 6.57. The number of rotatable bonds is 4. The Balaban J connectivity index is 0.00000124. The Morgan fingerprint density at radius 3 is 2.43 bits per heavy atom. The Bertz CT molecular complexity index is 1070. The van der Waals surface area contributed by atoms with Gasteiger partial charge in [-0.15, -0.1) is 4.73 Å². The second kappa shape index (κ2) is 9.17. The molecule has 30 heavy (non-hydrogen) atoms. The maximum absolute atomic E-state index is 11.9. The molecule has 4 rings (SSSR count). The summed E-state index contributed by atoms with van der Waals surface area (Å²) < 4.78 is 0.444. The number of nitrogens with zero attached hydrogens (tertiary/aromatic N) is 5. The smallest absolute Gasteiger partial charge is 0.384 e. The molecule has 1 fully saturated rings. The third kappa shape index (κ3) is 4.29. The van der Waals surface area contributed by atoms with Crippen molar-refractivity contribution >= 4 is 28.2 Å². The van der Waals surface area contributed by atoms with Crippen LogP contribution in [-0.4, -0.2) is 51.0 Å². The molecule has 0 unspecified atom stereocenters. The molecule has 3 heterocycles. The lowest BCUT2D eigenvalue weighted by molar-refractivity contribution is 0.182. The lowest BCUT2D eigenvalue weighted by Crippen LogP contribution is -2.47. The first-order chi connectivity index (χ1) is 14.5. The third-order valence-electron chi connectivity index (χ3n) is 4.81. The van der Waals surface area contributed by atoms with Crippen molar-refractivity contribution in [3.63, 3.8) is 0 Å². The minimum atomic E-state index is -0.787. The molecule has 9 heteroatoms. The molecule has 0 spiro atoms. The Kier molecular flexibility index (Phi) is 6.41. The van der Waals surface area contributed by atoms with Gasteiger partial charge in [0.1, 0.15) is 5.82 Å². The van der Waals surface area contributed by atoms with Crippen LogP contribution in [0.2, 0.25) is 0 Å². The fourth-order valence-corrected chi connectivity index (χ4v) is 3.28. The third-order valence-corrected chi connectivity index (χ3v) is 4.81. The molecular formula is C21H27N7O2. The molecule has 2 aromatic heterocycles. The van der Waals surface area contributed by atoms with Gasteiger partial charge in [0.15, 0.2) is 5.65 Å². The van der Waals surface area contributed by atoms with E-state index in [0.29, 0.717) is 21.8 Å². The van der Waals surface area contributed by atoms with Gasteiger partial charge < -0.3 is 26.1 Å². The first-order valence-corrected chi connectivity index (χ1v) is 9.91. The first-order valence-electron chi connectivity index (χ1n) is 9.91. The molecule has 9 nitrogen and oxygen atoms in total. The van der Waals surface area contributed by atoms with E-state index in [0.717, 1.165) is 37.6 Å². The number of nitrogens with one attached hydrogen (secondary N) is 1. The highest BCUT2D eigenvalue weighted by Crippen LogP contribution is 2.24. The van der Waals surface area contributed by atoms with Crippen LogP contribution in [0, 0.1) is 0 Å². The van der Waals surface area contributed by atoms with Crippen molar-refractivity contribution < 1.29 is 5.21 Å². The van der Waals surface area contributed by atoms with E-state index in [-0.39, 0.29) is 5.65 Å². The number of anilines is 3. The van der Waals surface area contributed by atoms with Crippen molar-refractivity contribution in [1.29, 1.82) is 0 Å². The Morgan fingerprint density at radius 2 is 1.80 bits per heavy atom. The molecule has 158 valence electrons. The highest BCUT2D eigenvalue weighted by Gasteiger charge is 2.17. The van der Waals surface area contributed by atoms with Gasteiger partial charge in [-0.25, -0.2) is 9.78 Å². The minimum absolute atomic E-state index is 0.154. The number of aromatic nitrogens is 3. The molecule has 4 N–H and O–H groups in total. The van der Waals surface area contributed by atoms with Crippen LogP contribution in [0.4, 0.5) is 17.2 Å². The van der Waals surface area contributed by atoms with Gasteiger partial charge in [0.2, 0.25) is 0 Å². The van der Waals surface area contributed by atoms with Gasteiger partial charge in [-0.1, -0.05) is 20.4 Å². The summed E-state index contributed by atoms with van der Waals surface area (Å²) in [6.45, 7) is 11.2. The Hall–Kier alpha value is -3.75. The average Bonchev–Trinajstić information content (AvgIpc) is 2.79. The number of pyridine rings is 1. The van der Waals surface area contributed by atoms with Crippen LogP contribution in [0.15, 0.2) is 59.8 Å². The van der Waals surface area contributed by atoms with Crippen molar-refractivity contribution in [3.8, 4) is 0 Å². The topological polar surface area (TPSA) is 113 Å². The van der Waals surface area contributed by atoms with Crippen LogP contribution in [0.3, 0.4) is 0 Å². The Morgan fingerprint density at radius 1 is 1.13 bits per heavy atom. The van der Waals surface area contributed by atoms with Crippen LogP contribution in [0.5, 0.6) is 0 Å². The van der Waals surface area contributed by atoms with E-state index in [1.807, 2.05) is 38.1 Å². The summed E-state index contributed by atoms with van der Waals surface area (Å²) in [4.78, 5) is 24.2. The molecule has 1 saturated heterocycles. The molecule has 0 saturated carbocycles. The summed E-state index contributed by atoms with van der Waals surface area (Å²) in [6, 6.07) is 11.4. The van der Waals surface area contributed by atoms with Crippen molar-refractivity contribution in [2.75, 3.05) is 36.4 Å². The summed E-state index contributed by atoms with van der Waals surface area (Å²) >= 11 is 0. The lowest BCUT2D eigenvalue weighted by Gasteiger charge is -2.37. The molecule has 1 aromatic carbocycles. The molecule has 1 aliphatic heterocycles. The largest absolute Gasteiger partial charge is 0.422 e. The quantitative estimate of drug-likeness (QED) is 0.563. The monoisotopic (exact) mass is 409 g/mol. The van der Waals surface area contributed by atoms with E-state index in [1.165, 1.54) is 6.20 Å². The molecule has 1 aliphatic rings. The predicted molar refractivity (Wildman–Crippen MR) is 119 cm³/mol. The maximum atomic E-state index is 11.9. The number of hydrogen-bond acceptors (Lipinski definition) is 8. The summed E-state index contributed by atoms with van der Waals surface area (Å²) in [6.07, 6.45) is 1.51. The molecule has 0 bridgehead atoms. The summed E-state index contributed by atoms with van der Waals surface area (Å²) in [5.41, 5.74) is 7.02. The van der Waals surface area contributed by atoms with Gasteiger partial charge in [0.25, 0.3) is 0 Å². The van der Waals surface area contributed by atoms with Crippen LogP contribution < -0.4 is 21.6 Å². The number of fused-ring (bicyclic) bond motifs is 1. The fraction of sp³-hybridized carbons (Fsp3) is 0.286. The Labute approximate surface area is 175 Å². The van der Waals surface area contributed by atoms with Crippen LogP contribution in [0.25, 0.3) is 11.0 Å². The fourth-order valence-electron chi connectivity index (χ4n) is 3.28. The molecule has 3 aromatic rings. The van der Waals surface area contributed by atoms with E-state index >= 15 is 0 Å². The van der Waals surface area contributed by atoms with Crippen LogP contribution in [-0.2, 0) is 0 Å². The average molecular weight is 409 g/mol. The van der Waals surface area contributed by atoms with Crippen molar-refractivity contribution in [2.45, 2.75) is 13.8 Å². The SMILES string of the molecule is C=C(N)N1CCN(c2ccc(Nc3nc(=O)n(O)c4ncccc34)cc2)CC1.CC. The summed E-state index contributed by atoms with van der Waals surface area (Å²) in [5.74, 6) is 0.958. The van der Waals surface area contributed by atoms with Gasteiger partial charge >= 0.3 is 5.69 Å². The van der Waals surface area contributed by atoms with E-state index in [4.69, 9.17) is 5.73 Å². The zero-order valence-electron chi connectivity index (χ0n) is 17.2. The van der Waals surface area contributed by atoms with Crippen LogP contribution in [0.1, 0.15) is 13.8 Å². The molecule has 0 radical (unpaired) electrons. The minimum Gasteiger partial charge on any atom is -0.422 e. The van der Waals surface area contributed by atoms with Crippen molar-refractivity contribution in [2.24, 2.45) is 5.73 Å². The maximum Gasteiger partial charge on any atom is 0.384 e. The summed E-state index contributed by atoms with van der Waals surface area (Å²) in [5, 5.41) is 13.5. The van der Waals surface area contributed by atoms with Crippen molar-refractivity contribution in [1.82, 2.24) is 19.6 Å².